The van der Waals surface area contributed by atoms with Crippen LogP contribution < -0.4 is 4.74 Å². The first-order valence-electron chi connectivity index (χ1n) is 9.88. The number of likely N-dealkylation sites (N-methyl/N-ethyl adjacent to an activating group) is 1. The number of piperazine rings is 1. The molecule has 0 aromatic heterocycles. The lowest BCUT2D eigenvalue weighted by Gasteiger charge is -2.48. The highest BCUT2D eigenvalue weighted by Gasteiger charge is 2.40. The Balaban J connectivity index is 1.68. The minimum absolute atomic E-state index is 0.174. The summed E-state index contributed by atoms with van der Waals surface area (Å²) in [6, 6.07) is 9.60. The maximum atomic E-state index is 5.62. The van der Waals surface area contributed by atoms with Gasteiger partial charge in [0.05, 0.1) is 6.61 Å². The van der Waals surface area contributed by atoms with Crippen molar-refractivity contribution in [1.29, 1.82) is 0 Å². The smallest absolute Gasteiger partial charge is 0.119 e. The lowest BCUT2D eigenvalue weighted by molar-refractivity contribution is 0.0314. The van der Waals surface area contributed by atoms with Crippen molar-refractivity contribution < 1.29 is 4.74 Å². The van der Waals surface area contributed by atoms with Crippen molar-refractivity contribution in [3.8, 4) is 5.75 Å². The molecule has 0 radical (unpaired) electrons. The molecule has 0 unspecified atom stereocenters. The minimum Gasteiger partial charge on any atom is -0.494 e. The van der Waals surface area contributed by atoms with Crippen LogP contribution in [-0.4, -0.2) is 74.7 Å². The highest BCUT2D eigenvalue weighted by molar-refractivity contribution is 5.32. The quantitative estimate of drug-likeness (QED) is 0.816. The van der Waals surface area contributed by atoms with Gasteiger partial charge in [0.15, 0.2) is 0 Å². The van der Waals surface area contributed by atoms with Gasteiger partial charge in [-0.1, -0.05) is 12.1 Å². The fraction of sp³-hybridized carbons (Fsp3) is 0.714. The van der Waals surface area contributed by atoms with Gasteiger partial charge < -0.3 is 9.64 Å². The molecule has 0 spiro atoms. The highest BCUT2D eigenvalue weighted by atomic mass is 16.5. The van der Waals surface area contributed by atoms with Crippen molar-refractivity contribution in [2.45, 2.75) is 44.2 Å². The molecule has 4 heteroatoms. The second-order valence-corrected chi connectivity index (χ2v) is 7.95. The maximum Gasteiger partial charge on any atom is 0.119 e. The van der Waals surface area contributed by atoms with Gasteiger partial charge in [-0.25, -0.2) is 0 Å². The third kappa shape index (κ3) is 4.02. The molecular weight excluding hydrogens is 310 g/mol. The molecular formula is C21H35N3O. The van der Waals surface area contributed by atoms with Gasteiger partial charge in [-0.15, -0.1) is 0 Å². The van der Waals surface area contributed by atoms with E-state index < -0.39 is 0 Å². The van der Waals surface area contributed by atoms with E-state index in [1.54, 1.807) is 0 Å². The molecule has 25 heavy (non-hydrogen) atoms. The molecule has 1 aromatic rings. The molecule has 0 N–H and O–H groups in total. The fourth-order valence-electron chi connectivity index (χ4n) is 4.65. The Kier molecular flexibility index (Phi) is 6.03. The summed E-state index contributed by atoms with van der Waals surface area (Å²) < 4.78 is 5.62. The number of hydrogen-bond donors (Lipinski definition) is 0. The molecule has 4 nitrogen and oxygen atoms in total. The predicted molar refractivity (Wildman–Crippen MR) is 104 cm³/mol. The Morgan fingerprint density at radius 2 is 1.64 bits per heavy atom. The number of hydrogen-bond acceptors (Lipinski definition) is 4. The largest absolute Gasteiger partial charge is 0.494 e. The molecule has 1 aliphatic heterocycles. The van der Waals surface area contributed by atoms with Crippen molar-refractivity contribution in [3.63, 3.8) is 0 Å². The Labute approximate surface area is 153 Å². The first-order valence-corrected chi connectivity index (χ1v) is 9.88. The van der Waals surface area contributed by atoms with Crippen LogP contribution in [0.25, 0.3) is 0 Å². The summed E-state index contributed by atoms with van der Waals surface area (Å²) >= 11 is 0. The van der Waals surface area contributed by atoms with Crippen LogP contribution in [0.3, 0.4) is 0 Å². The summed E-state index contributed by atoms with van der Waals surface area (Å²) in [6.45, 7) is 7.67. The SMILES string of the molecule is CCOc1ccc(C2(N(C)C)CCC(N3CCN(C)CC3)CC2)cc1. The van der Waals surface area contributed by atoms with E-state index in [1.807, 2.05) is 6.92 Å². The van der Waals surface area contributed by atoms with Crippen LogP contribution in [0.4, 0.5) is 0 Å². The van der Waals surface area contributed by atoms with E-state index in [0.29, 0.717) is 0 Å². The maximum absolute atomic E-state index is 5.62. The van der Waals surface area contributed by atoms with Crippen molar-refractivity contribution in [1.82, 2.24) is 14.7 Å². The molecule has 0 bridgehead atoms. The van der Waals surface area contributed by atoms with E-state index in [2.05, 4.69) is 60.1 Å². The minimum atomic E-state index is 0.174. The Bertz CT molecular complexity index is 527. The molecule has 1 aromatic carbocycles. The summed E-state index contributed by atoms with van der Waals surface area (Å²) in [5.74, 6) is 0.978. The van der Waals surface area contributed by atoms with Crippen molar-refractivity contribution in [2.24, 2.45) is 0 Å². The highest BCUT2D eigenvalue weighted by Crippen LogP contribution is 2.42. The van der Waals surface area contributed by atoms with Gasteiger partial charge in [-0.05, 0) is 71.4 Å². The summed E-state index contributed by atoms with van der Waals surface area (Å²) in [5.41, 5.74) is 1.62. The second kappa shape index (κ2) is 8.07. The Hall–Kier alpha value is -1.10. The topological polar surface area (TPSA) is 19.0 Å². The van der Waals surface area contributed by atoms with E-state index in [0.717, 1.165) is 18.4 Å². The molecule has 1 heterocycles. The molecule has 2 aliphatic rings. The zero-order valence-corrected chi connectivity index (χ0v) is 16.5. The molecule has 3 rings (SSSR count). The van der Waals surface area contributed by atoms with Gasteiger partial charge in [-0.3, -0.25) is 9.80 Å². The zero-order valence-electron chi connectivity index (χ0n) is 16.5. The fourth-order valence-corrected chi connectivity index (χ4v) is 4.65. The van der Waals surface area contributed by atoms with Crippen LogP contribution in [0.1, 0.15) is 38.2 Å². The van der Waals surface area contributed by atoms with E-state index in [-0.39, 0.29) is 5.54 Å². The van der Waals surface area contributed by atoms with Gasteiger partial charge in [0.25, 0.3) is 0 Å². The van der Waals surface area contributed by atoms with Crippen molar-refractivity contribution >= 4 is 0 Å². The lowest BCUT2D eigenvalue weighted by Crippen LogP contribution is -2.53. The van der Waals surface area contributed by atoms with Crippen LogP contribution >= 0.6 is 0 Å². The first kappa shape index (κ1) is 18.7. The summed E-state index contributed by atoms with van der Waals surface area (Å²) in [4.78, 5) is 7.63. The zero-order chi connectivity index (χ0) is 17.9. The van der Waals surface area contributed by atoms with E-state index in [4.69, 9.17) is 4.74 Å². The average molecular weight is 346 g/mol. The normalized spacial score (nSPS) is 29.1. The van der Waals surface area contributed by atoms with E-state index in [1.165, 1.54) is 57.4 Å². The molecule has 2 fully saturated rings. The standard InChI is InChI=1S/C21H35N3O/c1-5-25-20-8-6-18(7-9-20)21(22(2)3)12-10-19(11-13-21)24-16-14-23(4)15-17-24/h6-9,19H,5,10-17H2,1-4H3. The first-order chi connectivity index (χ1) is 12.0. The van der Waals surface area contributed by atoms with Crippen LogP contribution in [0, 0.1) is 0 Å². The van der Waals surface area contributed by atoms with Gasteiger partial charge in [0, 0.05) is 37.8 Å². The summed E-state index contributed by atoms with van der Waals surface area (Å²) in [7, 11) is 6.72. The third-order valence-corrected chi connectivity index (χ3v) is 6.40. The van der Waals surface area contributed by atoms with Gasteiger partial charge >= 0.3 is 0 Å². The van der Waals surface area contributed by atoms with Crippen molar-refractivity contribution in [2.75, 3.05) is 53.9 Å². The molecule has 0 atom stereocenters. The molecule has 140 valence electrons. The van der Waals surface area contributed by atoms with Gasteiger partial charge in [0.1, 0.15) is 5.75 Å². The Morgan fingerprint density at radius 3 is 2.16 bits per heavy atom. The van der Waals surface area contributed by atoms with Crippen LogP contribution in [-0.2, 0) is 5.54 Å². The van der Waals surface area contributed by atoms with E-state index in [9.17, 15) is 0 Å². The van der Waals surface area contributed by atoms with Crippen LogP contribution in [0.5, 0.6) is 5.75 Å². The Morgan fingerprint density at radius 1 is 1.04 bits per heavy atom. The van der Waals surface area contributed by atoms with Crippen LogP contribution in [0.15, 0.2) is 24.3 Å². The number of rotatable bonds is 5. The molecule has 1 aliphatic carbocycles. The molecule has 1 saturated carbocycles. The van der Waals surface area contributed by atoms with Crippen molar-refractivity contribution in [3.05, 3.63) is 29.8 Å². The number of benzene rings is 1. The molecule has 0 amide bonds. The lowest BCUT2D eigenvalue weighted by atomic mass is 9.73. The predicted octanol–water partition coefficient (Wildman–Crippen LogP) is 3.03. The monoisotopic (exact) mass is 345 g/mol. The average Bonchev–Trinajstić information content (AvgIpc) is 2.63. The summed E-state index contributed by atoms with van der Waals surface area (Å²) in [6.07, 6.45) is 5.08. The van der Waals surface area contributed by atoms with E-state index >= 15 is 0 Å². The second-order valence-electron chi connectivity index (χ2n) is 7.95. The number of nitrogens with zero attached hydrogens (tertiary/aromatic N) is 3. The number of ether oxygens (including phenoxy) is 1. The summed E-state index contributed by atoms with van der Waals surface area (Å²) in [5, 5.41) is 0. The molecule has 1 saturated heterocycles. The van der Waals surface area contributed by atoms with Gasteiger partial charge in [-0.2, -0.15) is 0 Å². The van der Waals surface area contributed by atoms with Gasteiger partial charge in [0.2, 0.25) is 0 Å². The third-order valence-electron chi connectivity index (χ3n) is 6.40. The van der Waals surface area contributed by atoms with Crippen LogP contribution in [0.2, 0.25) is 0 Å².